The first-order chi connectivity index (χ1) is 6.86. The summed E-state index contributed by atoms with van der Waals surface area (Å²) in [5.74, 6) is 0.915. The molecule has 3 rings (SSSR count). The molecule has 1 atom stereocenters. The standard InChI is InChI=1S/C13H17N/c1-9-4-2-7-11-12(9)8-14-13(11)10-5-3-6-10/h2,4,7,10,13-14H,3,5-6,8H2,1H3. The molecule has 0 amide bonds. The molecule has 1 aliphatic heterocycles. The van der Waals surface area contributed by atoms with Gasteiger partial charge in [-0.05, 0) is 42.4 Å². The van der Waals surface area contributed by atoms with Crippen LogP contribution in [0.5, 0.6) is 0 Å². The SMILES string of the molecule is Cc1cccc2c1CNC2C1CCC1. The van der Waals surface area contributed by atoms with Crippen LogP contribution in [0.15, 0.2) is 18.2 Å². The van der Waals surface area contributed by atoms with Crippen molar-refractivity contribution in [1.82, 2.24) is 5.32 Å². The Hall–Kier alpha value is -0.820. The van der Waals surface area contributed by atoms with Crippen molar-refractivity contribution in [1.29, 1.82) is 0 Å². The Labute approximate surface area is 85.5 Å². The molecule has 74 valence electrons. The summed E-state index contributed by atoms with van der Waals surface area (Å²) in [7, 11) is 0. The van der Waals surface area contributed by atoms with Crippen molar-refractivity contribution in [2.24, 2.45) is 5.92 Å². The molecule has 1 heterocycles. The Morgan fingerprint density at radius 3 is 2.86 bits per heavy atom. The summed E-state index contributed by atoms with van der Waals surface area (Å²) in [6.07, 6.45) is 4.28. The van der Waals surface area contributed by atoms with Gasteiger partial charge in [0.2, 0.25) is 0 Å². The quantitative estimate of drug-likeness (QED) is 0.712. The molecule has 1 aromatic rings. The molecule has 1 unspecified atom stereocenters. The third-order valence-electron chi connectivity index (χ3n) is 3.90. The molecule has 1 saturated carbocycles. The predicted octanol–water partition coefficient (Wildman–Crippen LogP) is 2.94. The van der Waals surface area contributed by atoms with E-state index in [0.29, 0.717) is 6.04 Å². The van der Waals surface area contributed by atoms with Gasteiger partial charge < -0.3 is 5.32 Å². The fourth-order valence-electron chi connectivity index (χ4n) is 2.77. The lowest BCUT2D eigenvalue weighted by Crippen LogP contribution is -2.26. The minimum absolute atomic E-state index is 0.665. The smallest absolute Gasteiger partial charge is 0.0354 e. The highest BCUT2D eigenvalue weighted by molar-refractivity contribution is 5.40. The fraction of sp³-hybridized carbons (Fsp3) is 0.538. The normalized spacial score (nSPS) is 25.9. The van der Waals surface area contributed by atoms with Crippen molar-refractivity contribution in [3.63, 3.8) is 0 Å². The van der Waals surface area contributed by atoms with E-state index >= 15 is 0 Å². The average molecular weight is 187 g/mol. The number of nitrogens with one attached hydrogen (secondary N) is 1. The van der Waals surface area contributed by atoms with Crippen molar-refractivity contribution in [3.05, 3.63) is 34.9 Å². The maximum absolute atomic E-state index is 3.66. The monoisotopic (exact) mass is 187 g/mol. The maximum Gasteiger partial charge on any atom is 0.0354 e. The highest BCUT2D eigenvalue weighted by atomic mass is 15.0. The lowest BCUT2D eigenvalue weighted by Gasteiger charge is -2.32. The zero-order valence-electron chi connectivity index (χ0n) is 8.72. The van der Waals surface area contributed by atoms with Crippen molar-refractivity contribution >= 4 is 0 Å². The summed E-state index contributed by atoms with van der Waals surface area (Å²) < 4.78 is 0. The lowest BCUT2D eigenvalue weighted by atomic mass is 9.77. The van der Waals surface area contributed by atoms with E-state index in [0.717, 1.165) is 12.5 Å². The molecule has 1 heteroatoms. The summed E-state index contributed by atoms with van der Waals surface area (Å²) in [5.41, 5.74) is 4.59. The van der Waals surface area contributed by atoms with Crippen molar-refractivity contribution in [2.75, 3.05) is 0 Å². The molecular weight excluding hydrogens is 170 g/mol. The van der Waals surface area contributed by atoms with Crippen LogP contribution in [0, 0.1) is 12.8 Å². The molecule has 0 saturated heterocycles. The number of benzene rings is 1. The van der Waals surface area contributed by atoms with Gasteiger partial charge in [-0.25, -0.2) is 0 Å². The first-order valence-corrected chi connectivity index (χ1v) is 5.68. The minimum atomic E-state index is 0.665. The summed E-state index contributed by atoms with van der Waals surface area (Å²) >= 11 is 0. The highest BCUT2D eigenvalue weighted by Gasteiger charge is 2.33. The number of hydrogen-bond acceptors (Lipinski definition) is 1. The van der Waals surface area contributed by atoms with Crippen LogP contribution in [0.2, 0.25) is 0 Å². The van der Waals surface area contributed by atoms with Gasteiger partial charge in [-0.15, -0.1) is 0 Å². The number of hydrogen-bond donors (Lipinski definition) is 1. The molecule has 0 radical (unpaired) electrons. The van der Waals surface area contributed by atoms with Crippen LogP contribution >= 0.6 is 0 Å². The summed E-state index contributed by atoms with van der Waals surface area (Å²) in [6.45, 7) is 3.31. The van der Waals surface area contributed by atoms with Crippen molar-refractivity contribution in [3.8, 4) is 0 Å². The van der Waals surface area contributed by atoms with Crippen molar-refractivity contribution < 1.29 is 0 Å². The van der Waals surface area contributed by atoms with E-state index in [1.54, 1.807) is 11.1 Å². The van der Waals surface area contributed by atoms with Gasteiger partial charge in [-0.2, -0.15) is 0 Å². The van der Waals surface area contributed by atoms with E-state index in [4.69, 9.17) is 0 Å². The molecule has 1 N–H and O–H groups in total. The van der Waals surface area contributed by atoms with Gasteiger partial charge in [-0.1, -0.05) is 24.6 Å². The van der Waals surface area contributed by atoms with Crippen LogP contribution in [-0.2, 0) is 6.54 Å². The summed E-state index contributed by atoms with van der Waals surface area (Å²) in [5, 5.41) is 3.66. The van der Waals surface area contributed by atoms with Crippen LogP contribution in [-0.4, -0.2) is 0 Å². The van der Waals surface area contributed by atoms with Gasteiger partial charge >= 0.3 is 0 Å². The van der Waals surface area contributed by atoms with Gasteiger partial charge in [0.15, 0.2) is 0 Å². The van der Waals surface area contributed by atoms with Gasteiger partial charge in [0.05, 0.1) is 0 Å². The Bertz CT molecular complexity index is 352. The minimum Gasteiger partial charge on any atom is -0.306 e. The van der Waals surface area contributed by atoms with Gasteiger partial charge in [0, 0.05) is 12.6 Å². The third kappa shape index (κ3) is 1.12. The van der Waals surface area contributed by atoms with E-state index in [2.05, 4.69) is 30.4 Å². The van der Waals surface area contributed by atoms with Gasteiger partial charge in [0.1, 0.15) is 0 Å². The fourth-order valence-corrected chi connectivity index (χ4v) is 2.77. The lowest BCUT2D eigenvalue weighted by molar-refractivity contribution is 0.240. The molecular formula is C13H17N. The Balaban J connectivity index is 1.97. The first-order valence-electron chi connectivity index (χ1n) is 5.68. The maximum atomic E-state index is 3.66. The molecule has 1 aromatic carbocycles. The van der Waals surface area contributed by atoms with Crippen molar-refractivity contribution in [2.45, 2.75) is 38.8 Å². The van der Waals surface area contributed by atoms with Crippen LogP contribution < -0.4 is 5.32 Å². The molecule has 0 aromatic heterocycles. The van der Waals surface area contributed by atoms with Gasteiger partial charge in [0.25, 0.3) is 0 Å². The second-order valence-electron chi connectivity index (χ2n) is 4.69. The average Bonchev–Trinajstić information content (AvgIpc) is 2.48. The largest absolute Gasteiger partial charge is 0.306 e. The highest BCUT2D eigenvalue weighted by Crippen LogP contribution is 2.42. The number of fused-ring (bicyclic) bond motifs is 1. The molecule has 14 heavy (non-hydrogen) atoms. The van der Waals surface area contributed by atoms with E-state index in [1.165, 1.54) is 24.8 Å². The van der Waals surface area contributed by atoms with Crippen LogP contribution in [0.4, 0.5) is 0 Å². The summed E-state index contributed by atoms with van der Waals surface area (Å²) in [6, 6.07) is 7.40. The van der Waals surface area contributed by atoms with Crippen LogP contribution in [0.25, 0.3) is 0 Å². The Morgan fingerprint density at radius 2 is 2.14 bits per heavy atom. The second kappa shape index (κ2) is 3.09. The second-order valence-corrected chi connectivity index (χ2v) is 4.69. The molecule has 0 spiro atoms. The number of aryl methyl sites for hydroxylation is 1. The molecule has 2 aliphatic rings. The number of rotatable bonds is 1. The van der Waals surface area contributed by atoms with E-state index in [-0.39, 0.29) is 0 Å². The zero-order chi connectivity index (χ0) is 9.54. The van der Waals surface area contributed by atoms with E-state index < -0.39 is 0 Å². The van der Waals surface area contributed by atoms with Gasteiger partial charge in [-0.3, -0.25) is 0 Å². The molecule has 1 fully saturated rings. The van der Waals surface area contributed by atoms with E-state index in [1.807, 2.05) is 0 Å². The third-order valence-corrected chi connectivity index (χ3v) is 3.90. The van der Waals surface area contributed by atoms with Crippen LogP contribution in [0.3, 0.4) is 0 Å². The topological polar surface area (TPSA) is 12.0 Å². The van der Waals surface area contributed by atoms with E-state index in [9.17, 15) is 0 Å². The Morgan fingerprint density at radius 1 is 1.29 bits per heavy atom. The predicted molar refractivity (Wildman–Crippen MR) is 58.1 cm³/mol. The summed E-state index contributed by atoms with van der Waals surface area (Å²) in [4.78, 5) is 0. The Kier molecular flexibility index (Phi) is 1.88. The molecule has 1 nitrogen and oxygen atoms in total. The molecule has 1 aliphatic carbocycles. The zero-order valence-corrected chi connectivity index (χ0v) is 8.72. The first kappa shape index (κ1) is 8.49. The van der Waals surface area contributed by atoms with Crippen LogP contribution in [0.1, 0.15) is 42.0 Å². The molecule has 0 bridgehead atoms.